The Morgan fingerprint density at radius 2 is 2.25 bits per heavy atom. The minimum Gasteiger partial charge on any atom is -0.490 e. The van der Waals surface area contributed by atoms with Crippen LogP contribution in [-0.4, -0.2) is 43.9 Å². The quantitative estimate of drug-likeness (QED) is 0.710. The number of likely N-dealkylation sites (tertiary alicyclic amines) is 1. The normalized spacial score (nSPS) is 16.5. The summed E-state index contributed by atoms with van der Waals surface area (Å²) in [6.07, 6.45) is 5.71. The molecule has 1 aliphatic rings. The van der Waals surface area contributed by atoms with E-state index in [2.05, 4.69) is 15.3 Å². The van der Waals surface area contributed by atoms with Crippen LogP contribution in [0.1, 0.15) is 40.6 Å². The van der Waals surface area contributed by atoms with Crippen molar-refractivity contribution in [3.63, 3.8) is 0 Å². The molecule has 1 unspecified atom stereocenters. The molecule has 0 bridgehead atoms. The van der Waals surface area contributed by atoms with Crippen LogP contribution in [0.2, 0.25) is 0 Å². The maximum atomic E-state index is 13.6. The second kappa shape index (κ2) is 7.84. The number of hydrogen-bond donors (Lipinski definition) is 1. The van der Waals surface area contributed by atoms with Gasteiger partial charge in [-0.2, -0.15) is 10.2 Å². The van der Waals surface area contributed by atoms with Crippen LogP contribution in [0.25, 0.3) is 0 Å². The fraction of sp³-hybridized carbons (Fsp3) is 0.350. The zero-order chi connectivity index (χ0) is 19.5. The van der Waals surface area contributed by atoms with Crippen LogP contribution in [0.3, 0.4) is 0 Å². The number of aromatic amines is 1. The van der Waals surface area contributed by atoms with Crippen molar-refractivity contribution in [1.29, 1.82) is 0 Å². The van der Waals surface area contributed by atoms with Gasteiger partial charge >= 0.3 is 0 Å². The second-order valence-electron chi connectivity index (χ2n) is 6.91. The molecule has 7 nitrogen and oxygen atoms in total. The molecule has 28 heavy (non-hydrogen) atoms. The number of nitrogens with one attached hydrogen (secondary N) is 1. The van der Waals surface area contributed by atoms with Gasteiger partial charge < -0.3 is 9.64 Å². The lowest BCUT2D eigenvalue weighted by Crippen LogP contribution is -2.30. The molecule has 4 rings (SSSR count). The first-order valence-corrected chi connectivity index (χ1v) is 9.33. The molecule has 3 heterocycles. The lowest BCUT2D eigenvalue weighted by molar-refractivity contribution is 0.0733. The van der Waals surface area contributed by atoms with Crippen LogP contribution in [0.15, 0.2) is 42.7 Å². The highest BCUT2D eigenvalue weighted by molar-refractivity contribution is 5.94. The lowest BCUT2D eigenvalue weighted by Gasteiger charge is -2.22. The molecule has 0 radical (unpaired) electrons. The van der Waals surface area contributed by atoms with Crippen LogP contribution in [0, 0.1) is 5.82 Å². The number of nitrogens with zero attached hydrogens (tertiary/aromatic N) is 4. The molecule has 146 valence electrons. The highest BCUT2D eigenvalue weighted by Gasteiger charge is 2.32. The van der Waals surface area contributed by atoms with Crippen molar-refractivity contribution in [2.24, 2.45) is 7.05 Å². The Morgan fingerprint density at radius 3 is 3.04 bits per heavy atom. The predicted octanol–water partition coefficient (Wildman–Crippen LogP) is 2.88. The van der Waals surface area contributed by atoms with Gasteiger partial charge in [-0.1, -0.05) is 12.1 Å². The number of hydrogen-bond acceptors (Lipinski definition) is 4. The van der Waals surface area contributed by atoms with Gasteiger partial charge in [-0.3, -0.25) is 14.6 Å². The lowest BCUT2D eigenvalue weighted by atomic mass is 10.1. The van der Waals surface area contributed by atoms with E-state index in [0.29, 0.717) is 25.1 Å². The molecule has 0 spiro atoms. The number of aryl methyl sites for hydroxylation is 1. The third kappa shape index (κ3) is 3.76. The molecular formula is C20H22FN5O2. The molecule has 1 saturated heterocycles. The van der Waals surface area contributed by atoms with Crippen LogP contribution >= 0.6 is 0 Å². The van der Waals surface area contributed by atoms with Gasteiger partial charge in [0.25, 0.3) is 5.91 Å². The molecule has 8 heteroatoms. The third-order valence-corrected chi connectivity index (χ3v) is 4.92. The minimum atomic E-state index is -0.372. The Kier molecular flexibility index (Phi) is 5.10. The van der Waals surface area contributed by atoms with Gasteiger partial charge in [0.2, 0.25) is 0 Å². The van der Waals surface area contributed by atoms with Crippen molar-refractivity contribution >= 4 is 5.91 Å². The van der Waals surface area contributed by atoms with Crippen molar-refractivity contribution in [2.45, 2.75) is 25.3 Å². The zero-order valence-electron chi connectivity index (χ0n) is 15.6. The molecule has 1 aliphatic heterocycles. The van der Waals surface area contributed by atoms with E-state index >= 15 is 0 Å². The van der Waals surface area contributed by atoms with Crippen molar-refractivity contribution < 1.29 is 13.9 Å². The Labute approximate surface area is 162 Å². The van der Waals surface area contributed by atoms with Gasteiger partial charge in [0.1, 0.15) is 0 Å². The molecule has 3 aromatic rings. The van der Waals surface area contributed by atoms with Gasteiger partial charge in [-0.15, -0.1) is 0 Å². The van der Waals surface area contributed by atoms with Crippen LogP contribution < -0.4 is 4.74 Å². The molecule has 2 aromatic heterocycles. The summed E-state index contributed by atoms with van der Waals surface area (Å²) in [7, 11) is 1.79. The summed E-state index contributed by atoms with van der Waals surface area (Å²) in [5.74, 6) is -0.155. The van der Waals surface area contributed by atoms with Gasteiger partial charge in [-0.25, -0.2) is 4.39 Å². The summed E-state index contributed by atoms with van der Waals surface area (Å²) < 4.78 is 20.7. The summed E-state index contributed by atoms with van der Waals surface area (Å²) in [4.78, 5) is 14.6. The Hall–Kier alpha value is -3.16. The monoisotopic (exact) mass is 383 g/mol. The SMILES string of the molecule is Cn1cc(C(=O)N2CCCC2c2cc(CCOc3ccccc3F)[nH]n2)cn1. The molecule has 1 fully saturated rings. The highest BCUT2D eigenvalue weighted by atomic mass is 19.1. The molecule has 0 aliphatic carbocycles. The van der Waals surface area contributed by atoms with E-state index in [1.165, 1.54) is 6.07 Å². The number of rotatable bonds is 6. The number of carbonyl (C=O) groups excluding carboxylic acids is 1. The number of amides is 1. The largest absolute Gasteiger partial charge is 0.490 e. The summed E-state index contributed by atoms with van der Waals surface area (Å²) in [6, 6.07) is 8.25. The Morgan fingerprint density at radius 1 is 1.39 bits per heavy atom. The van der Waals surface area contributed by atoms with E-state index in [1.807, 2.05) is 11.0 Å². The first-order chi connectivity index (χ1) is 13.6. The van der Waals surface area contributed by atoms with Crippen molar-refractivity contribution in [3.8, 4) is 5.75 Å². The first-order valence-electron chi connectivity index (χ1n) is 9.33. The maximum absolute atomic E-state index is 13.6. The zero-order valence-corrected chi connectivity index (χ0v) is 15.6. The number of para-hydroxylation sites is 1. The van der Waals surface area contributed by atoms with E-state index in [4.69, 9.17) is 4.74 Å². The van der Waals surface area contributed by atoms with Crippen LogP contribution in [0.5, 0.6) is 5.75 Å². The minimum absolute atomic E-state index is 0.0250. The number of benzene rings is 1. The van der Waals surface area contributed by atoms with E-state index in [-0.39, 0.29) is 23.5 Å². The van der Waals surface area contributed by atoms with E-state index < -0.39 is 0 Å². The van der Waals surface area contributed by atoms with Gasteiger partial charge in [0.05, 0.1) is 30.1 Å². The molecule has 1 aromatic carbocycles. The van der Waals surface area contributed by atoms with E-state index in [9.17, 15) is 9.18 Å². The summed E-state index contributed by atoms with van der Waals surface area (Å²) in [5, 5.41) is 11.5. The van der Waals surface area contributed by atoms with Crippen molar-refractivity contribution in [2.75, 3.05) is 13.2 Å². The molecular weight excluding hydrogens is 361 g/mol. The fourth-order valence-corrected chi connectivity index (χ4v) is 3.53. The predicted molar refractivity (Wildman–Crippen MR) is 100 cm³/mol. The smallest absolute Gasteiger partial charge is 0.257 e. The van der Waals surface area contributed by atoms with E-state index in [1.54, 1.807) is 42.3 Å². The maximum Gasteiger partial charge on any atom is 0.257 e. The molecule has 1 N–H and O–H groups in total. The standard InChI is InChI=1S/C20H22FN5O2/c1-25-13-14(12-22-25)20(27)26-9-4-6-18(26)17-11-15(23-24-17)8-10-28-19-7-3-2-5-16(19)21/h2-3,5,7,11-13,18H,4,6,8-10H2,1H3,(H,23,24). The third-order valence-electron chi connectivity index (χ3n) is 4.92. The van der Waals surface area contributed by atoms with Crippen LogP contribution in [0.4, 0.5) is 4.39 Å². The number of ether oxygens (including phenoxy) is 1. The summed E-state index contributed by atoms with van der Waals surface area (Å²) in [6.45, 7) is 1.04. The van der Waals surface area contributed by atoms with Crippen LogP contribution in [-0.2, 0) is 13.5 Å². The first kappa shape index (κ1) is 18.2. The van der Waals surface area contributed by atoms with E-state index in [0.717, 1.165) is 24.2 Å². The molecule has 1 atom stereocenters. The highest BCUT2D eigenvalue weighted by Crippen LogP contribution is 2.32. The van der Waals surface area contributed by atoms with Gasteiger partial charge in [-0.05, 0) is 31.0 Å². The van der Waals surface area contributed by atoms with Crippen molar-refractivity contribution in [3.05, 3.63) is 65.5 Å². The second-order valence-corrected chi connectivity index (χ2v) is 6.91. The number of halogens is 1. The molecule has 0 saturated carbocycles. The number of H-pyrrole nitrogens is 1. The average Bonchev–Trinajstić information content (AvgIpc) is 3.42. The summed E-state index contributed by atoms with van der Waals surface area (Å²) in [5.41, 5.74) is 2.33. The van der Waals surface area contributed by atoms with Crippen molar-refractivity contribution in [1.82, 2.24) is 24.9 Å². The Bertz CT molecular complexity index is 967. The molecule has 1 amide bonds. The van der Waals surface area contributed by atoms with Gasteiger partial charge in [0.15, 0.2) is 11.6 Å². The number of aromatic nitrogens is 4. The number of carbonyl (C=O) groups is 1. The van der Waals surface area contributed by atoms with Gasteiger partial charge in [0, 0.05) is 31.9 Å². The topological polar surface area (TPSA) is 76.0 Å². The summed E-state index contributed by atoms with van der Waals surface area (Å²) >= 11 is 0. The Balaban J connectivity index is 1.39. The average molecular weight is 383 g/mol. The fourth-order valence-electron chi connectivity index (χ4n) is 3.53.